The molecule has 0 spiro atoms. The predicted octanol–water partition coefficient (Wildman–Crippen LogP) is 6.05. The van der Waals surface area contributed by atoms with E-state index in [-0.39, 0.29) is 18.5 Å². The number of carbonyl (C=O) groups excluding carboxylic acids is 3. The summed E-state index contributed by atoms with van der Waals surface area (Å²) in [7, 11) is 0. The molecule has 11 heteroatoms. The zero-order valence-corrected chi connectivity index (χ0v) is 19.4. The van der Waals surface area contributed by atoms with E-state index in [9.17, 15) is 27.6 Å². The van der Waals surface area contributed by atoms with Crippen molar-refractivity contribution in [3.05, 3.63) is 83.4 Å². The standard InChI is InChI=1S/C25H20ClF3N2O5/c26-20-6-1-2-7-21(20)36-19-10-8-17(9-11-19)30-22(32)12-13-24(34)35-15-23(33)31-18-5-3-4-16(14-18)25(27,28)29/h1-11,14H,12-13,15H2,(H,30,32)(H,31,33). The fourth-order valence-corrected chi connectivity index (χ4v) is 3.06. The normalized spacial score (nSPS) is 10.9. The molecule has 0 radical (unpaired) electrons. The molecule has 0 heterocycles. The van der Waals surface area contributed by atoms with E-state index >= 15 is 0 Å². The first kappa shape index (κ1) is 26.6. The third-order valence-corrected chi connectivity index (χ3v) is 4.91. The van der Waals surface area contributed by atoms with Crippen molar-refractivity contribution >= 4 is 40.8 Å². The lowest BCUT2D eigenvalue weighted by Gasteiger charge is -2.10. The van der Waals surface area contributed by atoms with Gasteiger partial charge in [-0.3, -0.25) is 14.4 Å². The zero-order chi connectivity index (χ0) is 26.1. The van der Waals surface area contributed by atoms with Gasteiger partial charge in [-0.15, -0.1) is 0 Å². The monoisotopic (exact) mass is 520 g/mol. The van der Waals surface area contributed by atoms with Crippen LogP contribution in [0, 0.1) is 0 Å². The Morgan fingerprint density at radius 2 is 1.50 bits per heavy atom. The van der Waals surface area contributed by atoms with Crippen molar-refractivity contribution in [2.75, 3.05) is 17.2 Å². The summed E-state index contributed by atoms with van der Waals surface area (Å²) in [6, 6.07) is 17.5. The molecule has 0 saturated carbocycles. The second-order valence-electron chi connectivity index (χ2n) is 7.39. The molecule has 3 rings (SSSR count). The highest BCUT2D eigenvalue weighted by atomic mass is 35.5. The van der Waals surface area contributed by atoms with Gasteiger partial charge in [0.05, 0.1) is 17.0 Å². The molecule has 7 nitrogen and oxygen atoms in total. The number of para-hydroxylation sites is 1. The van der Waals surface area contributed by atoms with Crippen molar-refractivity contribution in [1.29, 1.82) is 0 Å². The van der Waals surface area contributed by atoms with E-state index in [1.54, 1.807) is 48.5 Å². The number of alkyl halides is 3. The molecular weight excluding hydrogens is 501 g/mol. The minimum Gasteiger partial charge on any atom is -0.456 e. The van der Waals surface area contributed by atoms with Crippen molar-refractivity contribution in [3.8, 4) is 11.5 Å². The van der Waals surface area contributed by atoms with Crippen LogP contribution in [0.15, 0.2) is 72.8 Å². The fourth-order valence-electron chi connectivity index (χ4n) is 2.89. The molecule has 0 unspecified atom stereocenters. The van der Waals surface area contributed by atoms with Gasteiger partial charge in [-0.05, 0) is 54.6 Å². The van der Waals surface area contributed by atoms with Gasteiger partial charge in [0.2, 0.25) is 5.91 Å². The van der Waals surface area contributed by atoms with Gasteiger partial charge >= 0.3 is 12.1 Å². The van der Waals surface area contributed by atoms with Crippen LogP contribution in [0.1, 0.15) is 18.4 Å². The molecule has 0 atom stereocenters. The van der Waals surface area contributed by atoms with Crippen LogP contribution in [0.5, 0.6) is 11.5 Å². The number of rotatable bonds is 9. The molecule has 0 aromatic heterocycles. The Morgan fingerprint density at radius 3 is 2.19 bits per heavy atom. The molecule has 0 aliphatic rings. The Labute approximate surface area is 209 Å². The second-order valence-corrected chi connectivity index (χ2v) is 7.80. The average Bonchev–Trinajstić information content (AvgIpc) is 2.84. The van der Waals surface area contributed by atoms with Crippen molar-refractivity contribution in [2.24, 2.45) is 0 Å². The van der Waals surface area contributed by atoms with Gasteiger partial charge in [0.15, 0.2) is 6.61 Å². The van der Waals surface area contributed by atoms with Crippen molar-refractivity contribution in [1.82, 2.24) is 0 Å². The maximum Gasteiger partial charge on any atom is 0.416 e. The first-order valence-electron chi connectivity index (χ1n) is 10.6. The van der Waals surface area contributed by atoms with Crippen LogP contribution >= 0.6 is 11.6 Å². The summed E-state index contributed by atoms with van der Waals surface area (Å²) in [5, 5.41) is 5.29. The number of esters is 1. The first-order valence-corrected chi connectivity index (χ1v) is 10.9. The summed E-state index contributed by atoms with van der Waals surface area (Å²) in [5.74, 6) is -1.09. The van der Waals surface area contributed by atoms with Gasteiger partial charge in [-0.2, -0.15) is 13.2 Å². The van der Waals surface area contributed by atoms with Crippen molar-refractivity contribution in [2.45, 2.75) is 19.0 Å². The number of ether oxygens (including phenoxy) is 2. The summed E-state index contributed by atoms with van der Waals surface area (Å²) in [5.41, 5.74) is -0.542. The third kappa shape index (κ3) is 8.31. The summed E-state index contributed by atoms with van der Waals surface area (Å²) in [6.07, 6.45) is -5.05. The summed E-state index contributed by atoms with van der Waals surface area (Å²) in [4.78, 5) is 35.8. The van der Waals surface area contributed by atoms with Crippen LogP contribution < -0.4 is 15.4 Å². The molecule has 0 bridgehead atoms. The molecule has 3 aromatic rings. The first-order chi connectivity index (χ1) is 17.1. The molecule has 0 saturated heterocycles. The van der Waals surface area contributed by atoms with Crippen LogP contribution in [0.2, 0.25) is 5.02 Å². The smallest absolute Gasteiger partial charge is 0.416 e. The maximum atomic E-state index is 12.7. The van der Waals surface area contributed by atoms with Crippen molar-refractivity contribution in [3.63, 3.8) is 0 Å². The van der Waals surface area contributed by atoms with E-state index in [1.165, 1.54) is 6.07 Å². The molecule has 0 aliphatic carbocycles. The van der Waals surface area contributed by atoms with Crippen LogP contribution in [0.3, 0.4) is 0 Å². The minimum absolute atomic E-state index is 0.0893. The van der Waals surface area contributed by atoms with E-state index in [0.29, 0.717) is 22.2 Å². The molecule has 36 heavy (non-hydrogen) atoms. The van der Waals surface area contributed by atoms with Gasteiger partial charge in [0.1, 0.15) is 11.5 Å². The Balaban J connectivity index is 1.38. The molecule has 0 aliphatic heterocycles. The largest absolute Gasteiger partial charge is 0.456 e. The Kier molecular flexibility index (Phi) is 8.91. The fraction of sp³-hybridized carbons (Fsp3) is 0.160. The summed E-state index contributed by atoms with van der Waals surface area (Å²) in [6.45, 7) is -0.705. The van der Waals surface area contributed by atoms with Gasteiger partial charge < -0.3 is 20.1 Å². The zero-order valence-electron chi connectivity index (χ0n) is 18.6. The Bertz CT molecular complexity index is 1230. The van der Waals surface area contributed by atoms with Crippen LogP contribution in [-0.4, -0.2) is 24.4 Å². The summed E-state index contributed by atoms with van der Waals surface area (Å²) >= 11 is 6.05. The van der Waals surface area contributed by atoms with Crippen LogP contribution in [0.4, 0.5) is 24.5 Å². The van der Waals surface area contributed by atoms with Gasteiger partial charge in [-0.25, -0.2) is 0 Å². The topological polar surface area (TPSA) is 93.7 Å². The number of nitrogens with one attached hydrogen (secondary N) is 2. The molecule has 188 valence electrons. The molecular formula is C25H20ClF3N2O5. The lowest BCUT2D eigenvalue weighted by Crippen LogP contribution is -2.22. The highest BCUT2D eigenvalue weighted by molar-refractivity contribution is 6.32. The highest BCUT2D eigenvalue weighted by Gasteiger charge is 2.30. The van der Waals surface area contributed by atoms with Crippen LogP contribution in [0.25, 0.3) is 0 Å². The number of benzene rings is 3. The Hall–Kier alpha value is -4.05. The van der Waals surface area contributed by atoms with Gasteiger partial charge in [0, 0.05) is 17.8 Å². The SMILES string of the molecule is O=C(CCC(=O)OCC(=O)Nc1cccc(C(F)(F)F)c1)Nc1ccc(Oc2ccccc2Cl)cc1. The minimum atomic E-state index is -4.56. The lowest BCUT2D eigenvalue weighted by molar-refractivity contribution is -0.147. The van der Waals surface area contributed by atoms with Gasteiger partial charge in [-0.1, -0.05) is 29.8 Å². The third-order valence-electron chi connectivity index (χ3n) is 4.60. The number of anilines is 2. The van der Waals surface area contributed by atoms with E-state index < -0.39 is 36.1 Å². The average molecular weight is 521 g/mol. The number of hydrogen-bond acceptors (Lipinski definition) is 5. The molecule has 2 N–H and O–H groups in total. The number of halogens is 4. The lowest BCUT2D eigenvalue weighted by atomic mass is 10.2. The van der Waals surface area contributed by atoms with E-state index in [2.05, 4.69) is 10.6 Å². The number of hydrogen-bond donors (Lipinski definition) is 2. The molecule has 3 aromatic carbocycles. The van der Waals surface area contributed by atoms with Crippen molar-refractivity contribution < 1.29 is 37.0 Å². The summed E-state index contributed by atoms with van der Waals surface area (Å²) < 4.78 is 48.6. The number of amides is 2. The quantitative estimate of drug-likeness (QED) is 0.335. The predicted molar refractivity (Wildman–Crippen MR) is 127 cm³/mol. The second kappa shape index (κ2) is 12.1. The van der Waals surface area contributed by atoms with E-state index in [0.717, 1.165) is 18.2 Å². The van der Waals surface area contributed by atoms with E-state index in [1.807, 2.05) is 0 Å². The maximum absolute atomic E-state index is 12.7. The Morgan fingerprint density at radius 1 is 0.806 bits per heavy atom. The van der Waals surface area contributed by atoms with Crippen LogP contribution in [-0.2, 0) is 25.3 Å². The van der Waals surface area contributed by atoms with Gasteiger partial charge in [0.25, 0.3) is 5.91 Å². The molecule has 0 fully saturated rings. The number of carbonyl (C=O) groups is 3. The van der Waals surface area contributed by atoms with E-state index in [4.69, 9.17) is 21.1 Å². The molecule has 2 amide bonds. The highest BCUT2D eigenvalue weighted by Crippen LogP contribution is 2.31.